The lowest BCUT2D eigenvalue weighted by Crippen LogP contribution is -2.39. The fourth-order valence-electron chi connectivity index (χ4n) is 2.30. The molecule has 0 aromatic carbocycles. The maximum absolute atomic E-state index is 10.8. The number of halogens is 1. The van der Waals surface area contributed by atoms with Crippen LogP contribution in [0.4, 0.5) is 4.79 Å². The molecule has 0 bridgehead atoms. The molecule has 2 fully saturated rings. The van der Waals surface area contributed by atoms with Crippen LogP contribution >= 0.6 is 12.4 Å². The number of carboxylic acids is 1. The van der Waals surface area contributed by atoms with E-state index in [1.54, 1.807) is 0 Å². The third kappa shape index (κ3) is 6.18. The van der Waals surface area contributed by atoms with Crippen LogP contribution in [0.2, 0.25) is 0 Å². The number of nitrogens with zero attached hydrogens (tertiary/aromatic N) is 1. The Labute approximate surface area is 138 Å². The Hall–Kier alpha value is -1.62. The van der Waals surface area contributed by atoms with Crippen molar-refractivity contribution >= 4 is 30.4 Å². The van der Waals surface area contributed by atoms with Crippen LogP contribution in [0.3, 0.4) is 0 Å². The Morgan fingerprint density at radius 3 is 2.09 bits per heavy atom. The predicted octanol–water partition coefficient (Wildman–Crippen LogP) is -1.51. The highest BCUT2D eigenvalue weighted by Crippen LogP contribution is 2.17. The van der Waals surface area contributed by atoms with Gasteiger partial charge in [-0.25, -0.2) is 9.59 Å². The van der Waals surface area contributed by atoms with Crippen LogP contribution in [0, 0.1) is 0 Å². The van der Waals surface area contributed by atoms with Gasteiger partial charge in [-0.05, 0) is 0 Å². The van der Waals surface area contributed by atoms with Gasteiger partial charge in [0.2, 0.25) is 0 Å². The second kappa shape index (κ2) is 9.50. The molecule has 10 nitrogen and oxygen atoms in total. The molecule has 134 valence electrons. The number of nitrogens with one attached hydrogen (secondary N) is 1. The van der Waals surface area contributed by atoms with E-state index in [9.17, 15) is 14.4 Å². The highest BCUT2D eigenvalue weighted by Gasteiger charge is 2.38. The van der Waals surface area contributed by atoms with Crippen LogP contribution < -0.4 is 5.32 Å². The average molecular weight is 357 g/mol. The van der Waals surface area contributed by atoms with Gasteiger partial charge >= 0.3 is 18.0 Å². The number of likely N-dealkylation sites (tertiary alicyclic amines) is 1. The number of carbonyl (C=O) groups is 3. The maximum Gasteiger partial charge on any atom is 0.408 e. The molecule has 0 radical (unpaired) electrons. The van der Waals surface area contributed by atoms with Crippen molar-refractivity contribution in [3.05, 3.63) is 0 Å². The Kier molecular flexibility index (Phi) is 8.83. The van der Waals surface area contributed by atoms with Crippen LogP contribution in [-0.4, -0.2) is 87.8 Å². The fraction of sp³-hybridized carbons (Fsp3) is 0.750. The zero-order chi connectivity index (χ0) is 16.9. The van der Waals surface area contributed by atoms with Crippen molar-refractivity contribution in [1.29, 1.82) is 0 Å². The van der Waals surface area contributed by atoms with E-state index in [0.717, 1.165) is 4.90 Å². The summed E-state index contributed by atoms with van der Waals surface area (Å²) in [6, 6.07) is -1.41. The molecule has 1 unspecified atom stereocenters. The van der Waals surface area contributed by atoms with Gasteiger partial charge in [0.1, 0.15) is 12.1 Å². The van der Waals surface area contributed by atoms with E-state index in [0.29, 0.717) is 13.0 Å². The van der Waals surface area contributed by atoms with Crippen LogP contribution in [0.1, 0.15) is 12.8 Å². The summed E-state index contributed by atoms with van der Waals surface area (Å²) in [7, 11) is 1.34. The third-order valence-electron chi connectivity index (χ3n) is 3.40. The molecule has 2 heterocycles. The molecule has 5 N–H and O–H groups in total. The van der Waals surface area contributed by atoms with Crippen LogP contribution in [0.15, 0.2) is 0 Å². The zero-order valence-corrected chi connectivity index (χ0v) is 13.2. The van der Waals surface area contributed by atoms with Crippen molar-refractivity contribution in [3.8, 4) is 0 Å². The Morgan fingerprint density at radius 2 is 1.74 bits per heavy atom. The first-order chi connectivity index (χ1) is 10.3. The lowest BCUT2D eigenvalue weighted by Gasteiger charge is -2.16. The van der Waals surface area contributed by atoms with Gasteiger partial charge in [-0.2, -0.15) is 0 Å². The number of carboxylic acid groups (broad SMARTS) is 2. The van der Waals surface area contributed by atoms with Crippen molar-refractivity contribution in [1.82, 2.24) is 10.2 Å². The third-order valence-corrected chi connectivity index (χ3v) is 3.40. The first-order valence-electron chi connectivity index (χ1n) is 6.66. The number of carbonyl (C=O) groups excluding carboxylic acids is 1. The lowest BCUT2D eigenvalue weighted by molar-refractivity contribution is -0.143. The molecule has 2 rings (SSSR count). The second-order valence-corrected chi connectivity index (χ2v) is 5.05. The summed E-state index contributed by atoms with van der Waals surface area (Å²) in [6.07, 6.45) is -2.13. The molecule has 0 aromatic heterocycles. The van der Waals surface area contributed by atoms with Crippen LogP contribution in [-0.2, 0) is 14.3 Å². The Morgan fingerprint density at radius 1 is 1.13 bits per heavy atom. The van der Waals surface area contributed by atoms with Gasteiger partial charge in [0, 0.05) is 19.4 Å². The topological polar surface area (TPSA) is 157 Å². The smallest absolute Gasteiger partial charge is 0.408 e. The summed E-state index contributed by atoms with van der Waals surface area (Å²) < 4.78 is 4.47. The van der Waals surface area contributed by atoms with E-state index in [4.69, 9.17) is 20.4 Å². The molecule has 0 saturated carbocycles. The fourth-order valence-corrected chi connectivity index (χ4v) is 2.30. The number of hydrogen-bond acceptors (Lipinski definition) is 7. The summed E-state index contributed by atoms with van der Waals surface area (Å²) in [4.78, 5) is 32.4. The molecule has 4 atom stereocenters. The highest BCUT2D eigenvalue weighted by atomic mass is 35.5. The molecule has 2 saturated heterocycles. The Bertz CT molecular complexity index is 413. The minimum atomic E-state index is -1.31. The monoisotopic (exact) mass is 356 g/mol. The summed E-state index contributed by atoms with van der Waals surface area (Å²) >= 11 is 0. The van der Waals surface area contributed by atoms with Gasteiger partial charge in [0.05, 0.1) is 25.9 Å². The van der Waals surface area contributed by atoms with Gasteiger partial charge in [0.15, 0.2) is 0 Å². The predicted molar refractivity (Wildman–Crippen MR) is 78.5 cm³/mol. The normalized spacial score (nSPS) is 29.1. The SMILES string of the molecule is COC(=O)[C@@H]1CC(O)CN1.Cl.O=C(O)[C@@H]1C[C@@H](O)CN1C(=O)O. The molecular formula is C12H21ClN2O8. The number of β-amino-alcohol motifs (C(OH)–C–C–N with tert-alkyl or cyclic N) is 2. The molecule has 23 heavy (non-hydrogen) atoms. The lowest BCUT2D eigenvalue weighted by atomic mass is 10.2. The summed E-state index contributed by atoms with van der Waals surface area (Å²) in [6.45, 7) is 0.367. The molecular weight excluding hydrogens is 336 g/mol. The van der Waals surface area contributed by atoms with Crippen molar-refractivity contribution < 1.29 is 39.5 Å². The van der Waals surface area contributed by atoms with Gasteiger partial charge < -0.3 is 30.5 Å². The zero-order valence-electron chi connectivity index (χ0n) is 12.4. The summed E-state index contributed by atoms with van der Waals surface area (Å²) in [5.74, 6) is -1.51. The van der Waals surface area contributed by atoms with Crippen molar-refractivity contribution in [3.63, 3.8) is 0 Å². The molecule has 1 amide bonds. The van der Waals surface area contributed by atoms with Crippen molar-refractivity contribution in [2.75, 3.05) is 20.2 Å². The van der Waals surface area contributed by atoms with Crippen molar-refractivity contribution in [2.24, 2.45) is 0 Å². The van der Waals surface area contributed by atoms with E-state index in [1.165, 1.54) is 7.11 Å². The van der Waals surface area contributed by atoms with E-state index < -0.39 is 30.3 Å². The van der Waals surface area contributed by atoms with E-state index in [2.05, 4.69) is 10.1 Å². The second-order valence-electron chi connectivity index (χ2n) is 5.05. The number of aliphatic hydroxyl groups is 2. The van der Waals surface area contributed by atoms with E-state index in [-0.39, 0.29) is 37.4 Å². The average Bonchev–Trinajstić information content (AvgIpc) is 3.04. The number of amides is 1. The molecule has 0 spiro atoms. The molecule has 0 aliphatic carbocycles. The van der Waals surface area contributed by atoms with Gasteiger partial charge in [-0.1, -0.05) is 0 Å². The number of hydrogen-bond donors (Lipinski definition) is 5. The summed E-state index contributed by atoms with van der Waals surface area (Å²) in [5.41, 5.74) is 0. The minimum Gasteiger partial charge on any atom is -0.480 e. The number of aliphatic hydroxyl groups excluding tert-OH is 2. The first kappa shape index (κ1) is 21.4. The molecule has 2 aliphatic heterocycles. The standard InChI is InChI=1S/C6H9NO5.C6H11NO3.ClH/c8-3-1-4(5(9)10)7(2-3)6(11)12;1-10-6(9)5-2-4(8)3-7-5;/h3-4,8H,1-2H2,(H,9,10)(H,11,12);4-5,7-8H,2-3H2,1H3;1H/t3-,4+;4?,5-;/m10./s1. The van der Waals surface area contributed by atoms with Crippen molar-refractivity contribution in [2.45, 2.75) is 37.1 Å². The number of esters is 1. The van der Waals surface area contributed by atoms with Gasteiger partial charge in [-0.15, -0.1) is 12.4 Å². The van der Waals surface area contributed by atoms with Crippen LogP contribution in [0.25, 0.3) is 0 Å². The largest absolute Gasteiger partial charge is 0.480 e. The maximum atomic E-state index is 10.8. The van der Waals surface area contributed by atoms with Gasteiger partial charge in [-0.3, -0.25) is 9.69 Å². The number of rotatable bonds is 2. The highest BCUT2D eigenvalue weighted by molar-refractivity contribution is 5.85. The molecule has 2 aliphatic rings. The summed E-state index contributed by atoms with van der Waals surface area (Å²) in [5, 5.41) is 37.8. The molecule has 11 heteroatoms. The Balaban J connectivity index is 0.000000409. The van der Waals surface area contributed by atoms with E-state index >= 15 is 0 Å². The minimum absolute atomic E-state index is 0. The molecule has 0 aromatic rings. The van der Waals surface area contributed by atoms with Crippen LogP contribution in [0.5, 0.6) is 0 Å². The quantitative estimate of drug-likeness (QED) is 0.371. The number of methoxy groups -OCH3 is 1. The first-order valence-corrected chi connectivity index (χ1v) is 6.66. The van der Waals surface area contributed by atoms with E-state index in [1.807, 2.05) is 0 Å². The number of ether oxygens (including phenoxy) is 1. The van der Waals surface area contributed by atoms with Gasteiger partial charge in [0.25, 0.3) is 0 Å². The number of aliphatic carboxylic acids is 1.